The number of rotatable bonds is 7. The summed E-state index contributed by atoms with van der Waals surface area (Å²) in [4.78, 5) is 32.0. The molecule has 3 rings (SSSR count). The molecule has 0 unspecified atom stereocenters. The molecule has 1 heterocycles. The molecule has 0 spiro atoms. The fourth-order valence-electron chi connectivity index (χ4n) is 4.47. The lowest BCUT2D eigenvalue weighted by Crippen LogP contribution is -2.38. The minimum Gasteiger partial charge on any atom is -0.490 e. The number of ether oxygens (including phenoxy) is 1. The van der Waals surface area contributed by atoms with Gasteiger partial charge in [-0.1, -0.05) is 20.8 Å². The molecule has 3 N–H and O–H groups in total. The number of amides is 1. The molecule has 168 valence electrons. The van der Waals surface area contributed by atoms with Crippen molar-refractivity contribution in [2.45, 2.75) is 59.0 Å². The Hall–Kier alpha value is -1.40. The number of carbonyl (C=O) groups is 1. The van der Waals surface area contributed by atoms with Gasteiger partial charge in [-0.3, -0.25) is 9.36 Å². The van der Waals surface area contributed by atoms with Crippen LogP contribution in [-0.2, 0) is 15.8 Å². The summed E-state index contributed by atoms with van der Waals surface area (Å²) >= 11 is 0. The molecule has 1 aromatic rings. The Kier molecular flexibility index (Phi) is 7.28. The first-order valence-electron chi connectivity index (χ1n) is 10.9. The standard InChI is InChI=1S/C22H35N2O5P/c1-22(2,3)17-4-6-18(7-5-17)29-19-8-9-20-16(14-19)10-12-24(20)21(25)15-23-11-13-30(26,27)28/h8-9,14,17-18,23H,4-7,10-13,15H2,1-3H3,(H2,26,27,28)/t17-,18-. The molecule has 1 fully saturated rings. The fourth-order valence-corrected chi connectivity index (χ4v) is 4.91. The van der Waals surface area contributed by atoms with Crippen LogP contribution < -0.4 is 15.0 Å². The third-order valence-electron chi connectivity index (χ3n) is 6.31. The quantitative estimate of drug-likeness (QED) is 0.446. The molecule has 1 saturated carbocycles. The van der Waals surface area contributed by atoms with Gasteiger partial charge in [0.15, 0.2) is 0 Å². The monoisotopic (exact) mass is 438 g/mol. The highest BCUT2D eigenvalue weighted by Crippen LogP contribution is 2.39. The highest BCUT2D eigenvalue weighted by Gasteiger charge is 2.31. The van der Waals surface area contributed by atoms with Crippen LogP contribution in [-0.4, -0.2) is 47.6 Å². The van der Waals surface area contributed by atoms with E-state index >= 15 is 0 Å². The normalized spacial score (nSPS) is 22.1. The Bertz CT molecular complexity index is 793. The maximum atomic E-state index is 12.5. The average molecular weight is 439 g/mol. The van der Waals surface area contributed by atoms with Crippen LogP contribution in [0.15, 0.2) is 18.2 Å². The van der Waals surface area contributed by atoms with Crippen LogP contribution in [0.3, 0.4) is 0 Å². The molecule has 7 nitrogen and oxygen atoms in total. The summed E-state index contributed by atoms with van der Waals surface area (Å²) in [6.45, 7) is 7.75. The zero-order valence-corrected chi connectivity index (χ0v) is 19.2. The van der Waals surface area contributed by atoms with Gasteiger partial charge in [0.1, 0.15) is 5.75 Å². The number of fused-ring (bicyclic) bond motifs is 1. The van der Waals surface area contributed by atoms with Crippen molar-refractivity contribution in [3.8, 4) is 5.75 Å². The zero-order valence-electron chi connectivity index (χ0n) is 18.3. The van der Waals surface area contributed by atoms with E-state index in [9.17, 15) is 9.36 Å². The SMILES string of the molecule is CC(C)(C)[C@H]1CC[C@H](Oc2ccc3c(c2)CCN3C(=O)CNCCP(=O)(O)O)CC1. The molecule has 2 aliphatic rings. The van der Waals surface area contributed by atoms with Crippen molar-refractivity contribution in [1.82, 2.24) is 5.32 Å². The molecule has 30 heavy (non-hydrogen) atoms. The first-order valence-corrected chi connectivity index (χ1v) is 12.7. The molecular formula is C22H35N2O5P. The second-order valence-electron chi connectivity index (χ2n) is 9.61. The third-order valence-corrected chi connectivity index (χ3v) is 7.11. The highest BCUT2D eigenvalue weighted by molar-refractivity contribution is 7.51. The first-order chi connectivity index (χ1) is 14.0. The van der Waals surface area contributed by atoms with Crippen molar-refractivity contribution in [1.29, 1.82) is 0 Å². The maximum absolute atomic E-state index is 12.5. The number of hydrogen-bond acceptors (Lipinski definition) is 4. The molecule has 1 aliphatic carbocycles. The Labute approximate surface area is 179 Å². The minimum absolute atomic E-state index is 0.0642. The lowest BCUT2D eigenvalue weighted by molar-refractivity contribution is -0.117. The van der Waals surface area contributed by atoms with E-state index in [1.807, 2.05) is 12.1 Å². The van der Waals surface area contributed by atoms with E-state index in [0.717, 1.165) is 42.2 Å². The Morgan fingerprint density at radius 3 is 2.57 bits per heavy atom. The summed E-state index contributed by atoms with van der Waals surface area (Å²) in [5.41, 5.74) is 2.37. The Balaban J connectivity index is 1.51. The number of nitrogens with one attached hydrogen (secondary N) is 1. The largest absolute Gasteiger partial charge is 0.490 e. The molecule has 1 amide bonds. The van der Waals surface area contributed by atoms with Gasteiger partial charge in [0.05, 0.1) is 18.8 Å². The minimum atomic E-state index is -4.04. The topological polar surface area (TPSA) is 99.1 Å². The maximum Gasteiger partial charge on any atom is 0.326 e. The van der Waals surface area contributed by atoms with Crippen LogP contribution in [0.2, 0.25) is 0 Å². The predicted molar refractivity (Wildman–Crippen MR) is 118 cm³/mol. The van der Waals surface area contributed by atoms with Gasteiger partial charge in [0.25, 0.3) is 0 Å². The van der Waals surface area contributed by atoms with Crippen molar-refractivity contribution in [2.75, 3.05) is 30.7 Å². The van der Waals surface area contributed by atoms with Crippen molar-refractivity contribution in [3.05, 3.63) is 23.8 Å². The number of hydrogen-bond donors (Lipinski definition) is 3. The zero-order chi connectivity index (χ0) is 21.9. The number of nitrogens with zero attached hydrogens (tertiary/aromatic N) is 1. The molecule has 0 radical (unpaired) electrons. The van der Waals surface area contributed by atoms with Gasteiger partial charge in [0, 0.05) is 18.8 Å². The van der Waals surface area contributed by atoms with Crippen LogP contribution in [0.4, 0.5) is 5.69 Å². The molecular weight excluding hydrogens is 403 g/mol. The molecule has 1 aliphatic heterocycles. The summed E-state index contributed by atoms with van der Waals surface area (Å²) in [5, 5.41) is 2.82. The highest BCUT2D eigenvalue weighted by atomic mass is 31.2. The summed E-state index contributed by atoms with van der Waals surface area (Å²) < 4.78 is 17.1. The van der Waals surface area contributed by atoms with Crippen molar-refractivity contribution in [3.63, 3.8) is 0 Å². The van der Waals surface area contributed by atoms with E-state index in [0.29, 0.717) is 12.0 Å². The van der Waals surface area contributed by atoms with Gasteiger partial charge < -0.3 is 24.7 Å². The Morgan fingerprint density at radius 1 is 1.23 bits per heavy atom. The van der Waals surface area contributed by atoms with Crippen LogP contribution in [0.1, 0.15) is 52.0 Å². The average Bonchev–Trinajstić information content (AvgIpc) is 3.07. The summed E-state index contributed by atoms with van der Waals surface area (Å²) in [7, 11) is -4.04. The predicted octanol–water partition coefficient (Wildman–Crippen LogP) is 3.33. The second-order valence-corrected chi connectivity index (χ2v) is 11.4. The molecule has 0 saturated heterocycles. The van der Waals surface area contributed by atoms with Gasteiger partial charge in [-0.05, 0) is 67.2 Å². The van der Waals surface area contributed by atoms with Crippen LogP contribution in [0, 0.1) is 11.3 Å². The number of benzene rings is 1. The number of anilines is 1. The van der Waals surface area contributed by atoms with E-state index < -0.39 is 7.60 Å². The summed E-state index contributed by atoms with van der Waals surface area (Å²) in [5.74, 6) is 1.54. The smallest absolute Gasteiger partial charge is 0.326 e. The van der Waals surface area contributed by atoms with Gasteiger partial charge in [-0.25, -0.2) is 0 Å². The molecule has 8 heteroatoms. The summed E-state index contributed by atoms with van der Waals surface area (Å²) in [6.07, 6.45) is 5.37. The lowest BCUT2D eigenvalue weighted by Gasteiger charge is -2.37. The lowest BCUT2D eigenvalue weighted by atomic mass is 9.72. The van der Waals surface area contributed by atoms with Crippen molar-refractivity contribution in [2.24, 2.45) is 11.3 Å². The van der Waals surface area contributed by atoms with E-state index in [1.54, 1.807) is 4.90 Å². The fraction of sp³-hybridized carbons (Fsp3) is 0.682. The summed E-state index contributed by atoms with van der Waals surface area (Å²) in [6, 6.07) is 5.95. The van der Waals surface area contributed by atoms with Crippen LogP contribution in [0.5, 0.6) is 5.75 Å². The van der Waals surface area contributed by atoms with Crippen molar-refractivity contribution >= 4 is 19.2 Å². The van der Waals surface area contributed by atoms with Gasteiger partial charge in [0.2, 0.25) is 5.91 Å². The molecule has 0 atom stereocenters. The first kappa shape index (κ1) is 23.3. The van der Waals surface area contributed by atoms with E-state index in [4.69, 9.17) is 14.5 Å². The molecule has 0 bridgehead atoms. The van der Waals surface area contributed by atoms with Gasteiger partial charge in [-0.15, -0.1) is 0 Å². The van der Waals surface area contributed by atoms with Gasteiger partial charge in [-0.2, -0.15) is 0 Å². The Morgan fingerprint density at radius 2 is 1.93 bits per heavy atom. The van der Waals surface area contributed by atoms with Crippen LogP contribution >= 0.6 is 7.60 Å². The molecule has 0 aromatic heterocycles. The van der Waals surface area contributed by atoms with E-state index in [-0.39, 0.29) is 31.3 Å². The second kappa shape index (κ2) is 9.39. The third kappa shape index (κ3) is 6.30. The van der Waals surface area contributed by atoms with Crippen molar-refractivity contribution < 1.29 is 23.9 Å². The van der Waals surface area contributed by atoms with E-state index in [1.165, 1.54) is 12.8 Å². The number of carbonyl (C=O) groups excluding carboxylic acids is 1. The van der Waals surface area contributed by atoms with Gasteiger partial charge >= 0.3 is 7.60 Å². The molecule has 1 aromatic carbocycles. The van der Waals surface area contributed by atoms with E-state index in [2.05, 4.69) is 32.2 Å². The van der Waals surface area contributed by atoms with Crippen LogP contribution in [0.25, 0.3) is 0 Å².